The molecule has 3 heterocycles. The first-order chi connectivity index (χ1) is 17.0. The van der Waals surface area contributed by atoms with Crippen molar-refractivity contribution in [2.45, 2.75) is 13.5 Å². The molecule has 0 radical (unpaired) electrons. The van der Waals surface area contributed by atoms with Crippen molar-refractivity contribution in [2.24, 2.45) is 0 Å². The van der Waals surface area contributed by atoms with Crippen molar-refractivity contribution in [2.75, 3.05) is 17.7 Å². The lowest BCUT2D eigenvalue weighted by molar-refractivity contribution is 0.335. The summed E-state index contributed by atoms with van der Waals surface area (Å²) in [4.78, 5) is 16.8. The molecular weight excluding hydrogens is 454 g/mol. The molecule has 3 N–H and O–H groups in total. The first-order valence-electron chi connectivity index (χ1n) is 10.8. The number of nitrogens with two attached hydrogens (primary N) is 1. The zero-order valence-electron chi connectivity index (χ0n) is 18.6. The summed E-state index contributed by atoms with van der Waals surface area (Å²) in [5.41, 5.74) is 7.58. The molecule has 2 aromatic carbocycles. The van der Waals surface area contributed by atoms with Crippen LogP contribution in [0.4, 0.5) is 26.4 Å². The molecule has 0 bridgehead atoms. The van der Waals surface area contributed by atoms with Crippen LogP contribution >= 0.6 is 0 Å². The number of nitrogen functional groups attached to an aromatic ring is 1. The van der Waals surface area contributed by atoms with E-state index >= 15 is 0 Å². The third kappa shape index (κ3) is 4.56. The van der Waals surface area contributed by atoms with Gasteiger partial charge in [-0.3, -0.25) is 9.67 Å². The highest BCUT2D eigenvalue weighted by molar-refractivity contribution is 5.91. The molecule has 0 atom stereocenters. The van der Waals surface area contributed by atoms with Gasteiger partial charge in [-0.05, 0) is 25.1 Å². The minimum absolute atomic E-state index is 0.00575. The van der Waals surface area contributed by atoms with Crippen LogP contribution in [0.25, 0.3) is 22.4 Å². The Bertz CT molecular complexity index is 1480. The average Bonchev–Trinajstić information content (AvgIpc) is 3.20. The van der Waals surface area contributed by atoms with E-state index in [-0.39, 0.29) is 35.6 Å². The molecule has 0 aliphatic carbocycles. The van der Waals surface area contributed by atoms with Crippen LogP contribution in [0.2, 0.25) is 0 Å². The molecule has 35 heavy (non-hydrogen) atoms. The van der Waals surface area contributed by atoms with E-state index < -0.39 is 11.6 Å². The van der Waals surface area contributed by atoms with Crippen LogP contribution in [0.5, 0.6) is 5.75 Å². The molecule has 0 saturated heterocycles. The van der Waals surface area contributed by atoms with Crippen molar-refractivity contribution >= 4 is 28.5 Å². The minimum atomic E-state index is -0.720. The summed E-state index contributed by atoms with van der Waals surface area (Å²) in [6.45, 7) is 1.90. The van der Waals surface area contributed by atoms with Gasteiger partial charge in [-0.1, -0.05) is 18.2 Å². The Labute approximate surface area is 198 Å². The normalized spacial score (nSPS) is 11.1. The smallest absolute Gasteiger partial charge is 0.232 e. The molecule has 0 aliphatic rings. The van der Waals surface area contributed by atoms with Crippen LogP contribution in [0.1, 0.15) is 12.5 Å². The summed E-state index contributed by atoms with van der Waals surface area (Å²) in [6.07, 6.45) is 3.25. The molecule has 0 amide bonds. The minimum Gasteiger partial charge on any atom is -0.494 e. The lowest BCUT2D eigenvalue weighted by Gasteiger charge is -2.09. The Hall–Kier alpha value is -4.67. The van der Waals surface area contributed by atoms with Gasteiger partial charge in [0.05, 0.1) is 18.7 Å². The van der Waals surface area contributed by atoms with Gasteiger partial charge >= 0.3 is 0 Å². The van der Waals surface area contributed by atoms with Crippen LogP contribution in [0.15, 0.2) is 60.9 Å². The molecule has 0 aliphatic heterocycles. The second kappa shape index (κ2) is 9.29. The van der Waals surface area contributed by atoms with E-state index in [2.05, 4.69) is 30.4 Å². The zero-order valence-corrected chi connectivity index (χ0v) is 18.6. The van der Waals surface area contributed by atoms with E-state index in [0.29, 0.717) is 28.9 Å². The highest BCUT2D eigenvalue weighted by atomic mass is 19.1. The molecule has 0 fully saturated rings. The number of aromatic nitrogens is 6. The average molecular weight is 474 g/mol. The van der Waals surface area contributed by atoms with E-state index in [9.17, 15) is 8.78 Å². The summed E-state index contributed by atoms with van der Waals surface area (Å²) in [5, 5.41) is 8.34. The summed E-state index contributed by atoms with van der Waals surface area (Å²) < 4.78 is 36.2. The van der Waals surface area contributed by atoms with E-state index in [1.54, 1.807) is 37.5 Å². The second-order valence-electron chi connectivity index (χ2n) is 7.52. The van der Waals surface area contributed by atoms with Crippen LogP contribution in [-0.4, -0.2) is 36.3 Å². The number of para-hydroxylation sites is 1. The van der Waals surface area contributed by atoms with Gasteiger partial charge in [0.25, 0.3) is 0 Å². The molecule has 176 valence electrons. The zero-order chi connectivity index (χ0) is 24.4. The number of halogens is 2. The molecule has 5 aromatic rings. The Morgan fingerprint density at radius 3 is 2.49 bits per heavy atom. The maximum absolute atomic E-state index is 14.7. The third-order valence-electron chi connectivity index (χ3n) is 5.19. The lowest BCUT2D eigenvalue weighted by Crippen LogP contribution is -2.08. The van der Waals surface area contributed by atoms with Gasteiger partial charge in [-0.25, -0.2) is 8.78 Å². The van der Waals surface area contributed by atoms with Gasteiger partial charge < -0.3 is 15.8 Å². The van der Waals surface area contributed by atoms with E-state index in [1.807, 2.05) is 18.2 Å². The summed E-state index contributed by atoms with van der Waals surface area (Å²) in [5.74, 6) is -0.871. The number of pyridine rings is 1. The number of hydrogen-bond donors (Lipinski definition) is 2. The van der Waals surface area contributed by atoms with Gasteiger partial charge in [0.2, 0.25) is 11.9 Å². The summed E-state index contributed by atoms with van der Waals surface area (Å²) in [6, 6.07) is 13.1. The number of fused-ring (bicyclic) bond motifs is 1. The van der Waals surface area contributed by atoms with Gasteiger partial charge in [-0.15, -0.1) is 0 Å². The molecule has 9 nitrogen and oxygen atoms in total. The fourth-order valence-electron chi connectivity index (χ4n) is 3.66. The van der Waals surface area contributed by atoms with Crippen LogP contribution in [-0.2, 0) is 6.54 Å². The van der Waals surface area contributed by atoms with Crippen LogP contribution < -0.4 is 15.8 Å². The van der Waals surface area contributed by atoms with Crippen molar-refractivity contribution in [1.29, 1.82) is 0 Å². The molecule has 0 spiro atoms. The third-order valence-corrected chi connectivity index (χ3v) is 5.19. The maximum atomic E-state index is 14.7. The van der Waals surface area contributed by atoms with Gasteiger partial charge in [-0.2, -0.15) is 20.1 Å². The number of ether oxygens (including phenoxy) is 1. The van der Waals surface area contributed by atoms with E-state index in [4.69, 9.17) is 10.5 Å². The SMILES string of the molecule is CCOc1cc(F)c(Cn2nc(-c3nc(N)nc(Nc4ccncc4)n3)c3ccccc32)c(F)c1. The molecular formula is C24H20F2N8O. The number of anilines is 3. The molecule has 0 saturated carbocycles. The van der Waals surface area contributed by atoms with Gasteiger partial charge in [0, 0.05) is 41.2 Å². The lowest BCUT2D eigenvalue weighted by atomic mass is 10.1. The largest absolute Gasteiger partial charge is 0.494 e. The van der Waals surface area contributed by atoms with Crippen molar-refractivity contribution < 1.29 is 13.5 Å². The van der Waals surface area contributed by atoms with Crippen molar-refractivity contribution in [3.05, 3.63) is 78.1 Å². The van der Waals surface area contributed by atoms with E-state index in [1.165, 1.54) is 4.68 Å². The predicted octanol–water partition coefficient (Wildman–Crippen LogP) is 4.33. The fraction of sp³-hybridized carbons (Fsp3) is 0.125. The van der Waals surface area contributed by atoms with Gasteiger partial charge in [0.15, 0.2) is 5.82 Å². The monoisotopic (exact) mass is 474 g/mol. The van der Waals surface area contributed by atoms with Crippen molar-refractivity contribution in [3.8, 4) is 17.3 Å². The highest BCUT2D eigenvalue weighted by Crippen LogP contribution is 2.29. The first kappa shape index (κ1) is 22.1. The second-order valence-corrected chi connectivity index (χ2v) is 7.52. The number of nitrogens with one attached hydrogen (secondary N) is 1. The first-order valence-corrected chi connectivity index (χ1v) is 10.8. The topological polar surface area (TPSA) is 117 Å². The molecule has 5 rings (SSSR count). The number of benzene rings is 2. The van der Waals surface area contributed by atoms with Crippen molar-refractivity contribution in [3.63, 3.8) is 0 Å². The maximum Gasteiger partial charge on any atom is 0.232 e. The summed E-state index contributed by atoms with van der Waals surface area (Å²) in [7, 11) is 0. The Kier molecular flexibility index (Phi) is 5.88. The van der Waals surface area contributed by atoms with Crippen molar-refractivity contribution in [1.82, 2.24) is 29.7 Å². The van der Waals surface area contributed by atoms with E-state index in [0.717, 1.165) is 12.1 Å². The summed E-state index contributed by atoms with van der Waals surface area (Å²) >= 11 is 0. The standard InChI is InChI=1S/C24H20F2N8O/c1-2-35-15-11-18(25)17(19(26)12-15)13-34-20-6-4-3-5-16(20)21(33-34)22-30-23(27)32-24(31-22)29-14-7-9-28-10-8-14/h3-12H,2,13H2,1H3,(H3,27,28,29,30,31,32). The fourth-order valence-corrected chi connectivity index (χ4v) is 3.66. The number of hydrogen-bond acceptors (Lipinski definition) is 8. The Balaban J connectivity index is 1.56. The number of nitrogens with zero attached hydrogens (tertiary/aromatic N) is 6. The molecule has 3 aromatic heterocycles. The Morgan fingerprint density at radius 1 is 1.00 bits per heavy atom. The molecule has 0 unspecified atom stereocenters. The number of rotatable bonds is 7. The van der Waals surface area contributed by atoms with Crippen LogP contribution in [0, 0.1) is 11.6 Å². The van der Waals surface area contributed by atoms with Crippen LogP contribution in [0.3, 0.4) is 0 Å². The Morgan fingerprint density at radius 2 is 1.74 bits per heavy atom. The quantitative estimate of drug-likeness (QED) is 0.358. The van der Waals surface area contributed by atoms with Gasteiger partial charge in [0.1, 0.15) is 23.1 Å². The highest BCUT2D eigenvalue weighted by Gasteiger charge is 2.19. The molecule has 11 heteroatoms. The predicted molar refractivity (Wildman–Crippen MR) is 127 cm³/mol.